The molecule has 184 valence electrons. The third kappa shape index (κ3) is 10.5. The van der Waals surface area contributed by atoms with Crippen LogP contribution in [-0.2, 0) is 37.0 Å². The van der Waals surface area contributed by atoms with Crippen molar-refractivity contribution in [2.24, 2.45) is 0 Å². The van der Waals surface area contributed by atoms with Gasteiger partial charge in [-0.25, -0.2) is 0 Å². The summed E-state index contributed by atoms with van der Waals surface area (Å²) < 4.78 is 5.72. The largest absolute Gasteiger partial charge is 0.377 e. The first kappa shape index (κ1) is 26.7. The Labute approximate surface area is 213 Å². The monoisotopic (exact) mass is 466 g/mol. The predicted octanol–water partition coefficient (Wildman–Crippen LogP) is 8.94. The first-order chi connectivity index (χ1) is 17.3. The summed E-state index contributed by atoms with van der Waals surface area (Å²) in [4.78, 5) is 0. The molecule has 3 rings (SSSR count). The summed E-state index contributed by atoms with van der Waals surface area (Å²) in [5, 5.41) is 0. The molecule has 1 nitrogen and oxygen atoms in total. The number of hydrogen-bond donors (Lipinski definition) is 0. The molecule has 0 saturated carbocycles. The summed E-state index contributed by atoms with van der Waals surface area (Å²) in [7, 11) is 0. The second-order valence-corrected chi connectivity index (χ2v) is 9.48. The average Bonchev–Trinajstić information content (AvgIpc) is 2.91. The third-order valence-electron chi connectivity index (χ3n) is 6.59. The Bertz CT molecular complexity index is 980. The van der Waals surface area contributed by atoms with Crippen LogP contribution in [0.1, 0.15) is 71.9 Å². The van der Waals surface area contributed by atoms with E-state index in [1.807, 2.05) is 12.2 Å². The van der Waals surface area contributed by atoms with Gasteiger partial charge in [0.2, 0.25) is 0 Å². The number of ether oxygens (including phenoxy) is 1. The zero-order valence-corrected chi connectivity index (χ0v) is 21.4. The molecule has 0 amide bonds. The summed E-state index contributed by atoms with van der Waals surface area (Å²) in [5.41, 5.74) is 8.22. The van der Waals surface area contributed by atoms with Crippen molar-refractivity contribution in [3.63, 3.8) is 0 Å². The lowest BCUT2D eigenvalue weighted by Gasteiger charge is -2.07. The zero-order chi connectivity index (χ0) is 24.6. The normalized spacial score (nSPS) is 10.9. The first-order valence-electron chi connectivity index (χ1n) is 13.3. The molecule has 0 radical (unpaired) electrons. The van der Waals surface area contributed by atoms with E-state index in [2.05, 4.69) is 86.0 Å². The number of benzene rings is 3. The standard InChI is InChI=1S/C34H42O/c1-3-5-10-27-35-28-34-25-23-33(24-26-34)14-9-8-13-32-21-19-31(20-22-32)12-7-6-11-30-17-15-29(4-2)16-18-30/h3-4,15-26H,1-2,5-14,27-28H2. The van der Waals surface area contributed by atoms with Crippen LogP contribution in [0.15, 0.2) is 92.0 Å². The molecular formula is C34H42O. The van der Waals surface area contributed by atoms with Gasteiger partial charge in [-0.15, -0.1) is 6.58 Å². The SMILES string of the molecule is C=CCCCOCc1ccc(CCCCc2ccc(CCCCc3ccc(C=C)cc3)cc2)cc1. The van der Waals surface area contributed by atoms with Gasteiger partial charge >= 0.3 is 0 Å². The van der Waals surface area contributed by atoms with Gasteiger partial charge in [-0.05, 0) is 97.6 Å². The lowest BCUT2D eigenvalue weighted by atomic mass is 10.00. The van der Waals surface area contributed by atoms with Gasteiger partial charge in [-0.2, -0.15) is 0 Å². The molecule has 0 heterocycles. The minimum Gasteiger partial charge on any atom is -0.377 e. The second kappa shape index (κ2) is 15.9. The second-order valence-electron chi connectivity index (χ2n) is 9.48. The molecule has 0 atom stereocenters. The number of allylic oxidation sites excluding steroid dienone is 1. The van der Waals surface area contributed by atoms with E-state index in [0.29, 0.717) is 6.61 Å². The molecule has 0 aliphatic carbocycles. The number of hydrogen-bond acceptors (Lipinski definition) is 1. The molecule has 0 unspecified atom stereocenters. The summed E-state index contributed by atoms with van der Waals surface area (Å²) in [6, 6.07) is 27.0. The molecule has 0 fully saturated rings. The minimum atomic E-state index is 0.706. The van der Waals surface area contributed by atoms with Crippen LogP contribution in [0.4, 0.5) is 0 Å². The van der Waals surface area contributed by atoms with Crippen LogP contribution in [0, 0.1) is 0 Å². The van der Waals surface area contributed by atoms with E-state index < -0.39 is 0 Å². The topological polar surface area (TPSA) is 9.23 Å². The van der Waals surface area contributed by atoms with Gasteiger partial charge in [0.1, 0.15) is 0 Å². The van der Waals surface area contributed by atoms with Crippen LogP contribution in [0.5, 0.6) is 0 Å². The lowest BCUT2D eigenvalue weighted by molar-refractivity contribution is 0.119. The maximum Gasteiger partial charge on any atom is 0.0716 e. The summed E-state index contributed by atoms with van der Waals surface area (Å²) in [6.07, 6.45) is 15.5. The van der Waals surface area contributed by atoms with E-state index in [1.54, 1.807) is 0 Å². The van der Waals surface area contributed by atoms with Crippen LogP contribution in [0.2, 0.25) is 0 Å². The van der Waals surface area contributed by atoms with Gasteiger partial charge in [0.25, 0.3) is 0 Å². The fraction of sp³-hybridized carbons (Fsp3) is 0.353. The summed E-state index contributed by atoms with van der Waals surface area (Å²) >= 11 is 0. The van der Waals surface area contributed by atoms with Crippen LogP contribution in [0.25, 0.3) is 6.08 Å². The Morgan fingerprint density at radius 1 is 0.514 bits per heavy atom. The highest BCUT2D eigenvalue weighted by atomic mass is 16.5. The highest BCUT2D eigenvalue weighted by molar-refractivity contribution is 5.47. The molecule has 3 aromatic carbocycles. The van der Waals surface area contributed by atoms with Crippen LogP contribution in [-0.4, -0.2) is 6.61 Å². The smallest absolute Gasteiger partial charge is 0.0716 e. The van der Waals surface area contributed by atoms with Gasteiger partial charge in [0.05, 0.1) is 6.61 Å². The Hall–Kier alpha value is -2.90. The van der Waals surface area contributed by atoms with Gasteiger partial charge in [0.15, 0.2) is 0 Å². The van der Waals surface area contributed by atoms with Crippen molar-refractivity contribution in [2.45, 2.75) is 70.8 Å². The molecule has 0 bridgehead atoms. The zero-order valence-electron chi connectivity index (χ0n) is 21.4. The molecule has 0 aromatic heterocycles. The molecule has 0 spiro atoms. The van der Waals surface area contributed by atoms with Crippen molar-refractivity contribution >= 4 is 6.08 Å². The van der Waals surface area contributed by atoms with Gasteiger partial charge in [-0.1, -0.05) is 91.5 Å². The van der Waals surface area contributed by atoms with E-state index in [9.17, 15) is 0 Å². The van der Waals surface area contributed by atoms with Crippen LogP contribution in [0.3, 0.4) is 0 Å². The maximum atomic E-state index is 5.72. The minimum absolute atomic E-state index is 0.706. The number of aryl methyl sites for hydroxylation is 4. The maximum absolute atomic E-state index is 5.72. The van der Waals surface area contributed by atoms with Gasteiger partial charge < -0.3 is 4.74 Å². The molecule has 0 saturated heterocycles. The van der Waals surface area contributed by atoms with Crippen molar-refractivity contribution in [1.82, 2.24) is 0 Å². The Morgan fingerprint density at radius 2 is 0.914 bits per heavy atom. The quantitative estimate of drug-likeness (QED) is 0.142. The molecule has 3 aromatic rings. The number of unbranched alkanes of at least 4 members (excludes halogenated alkanes) is 3. The molecule has 0 aliphatic heterocycles. The van der Waals surface area contributed by atoms with Crippen molar-refractivity contribution in [1.29, 1.82) is 0 Å². The first-order valence-corrected chi connectivity index (χ1v) is 13.3. The molecule has 35 heavy (non-hydrogen) atoms. The third-order valence-corrected chi connectivity index (χ3v) is 6.59. The van der Waals surface area contributed by atoms with Crippen LogP contribution >= 0.6 is 0 Å². The number of rotatable bonds is 17. The van der Waals surface area contributed by atoms with E-state index in [-0.39, 0.29) is 0 Å². The van der Waals surface area contributed by atoms with Crippen molar-refractivity contribution in [2.75, 3.05) is 6.61 Å². The highest BCUT2D eigenvalue weighted by Gasteiger charge is 2.00. The molecule has 0 N–H and O–H groups in total. The Balaban J connectivity index is 1.26. The molecule has 0 aliphatic rings. The Kier molecular flexibility index (Phi) is 12.1. The van der Waals surface area contributed by atoms with Crippen molar-refractivity contribution in [3.05, 3.63) is 125 Å². The lowest BCUT2D eigenvalue weighted by Crippen LogP contribution is -1.96. The fourth-order valence-corrected chi connectivity index (χ4v) is 4.33. The van der Waals surface area contributed by atoms with E-state index in [4.69, 9.17) is 4.74 Å². The van der Waals surface area contributed by atoms with Gasteiger partial charge in [0, 0.05) is 6.61 Å². The summed E-state index contributed by atoms with van der Waals surface area (Å²) in [6.45, 7) is 9.08. The Morgan fingerprint density at radius 3 is 1.31 bits per heavy atom. The van der Waals surface area contributed by atoms with Gasteiger partial charge in [-0.3, -0.25) is 0 Å². The average molecular weight is 467 g/mol. The van der Waals surface area contributed by atoms with E-state index >= 15 is 0 Å². The van der Waals surface area contributed by atoms with Crippen LogP contribution < -0.4 is 0 Å². The highest BCUT2D eigenvalue weighted by Crippen LogP contribution is 2.15. The van der Waals surface area contributed by atoms with Crippen molar-refractivity contribution in [3.8, 4) is 0 Å². The fourth-order valence-electron chi connectivity index (χ4n) is 4.33. The van der Waals surface area contributed by atoms with Crippen molar-refractivity contribution < 1.29 is 4.74 Å². The molecule has 1 heteroatoms. The summed E-state index contributed by atoms with van der Waals surface area (Å²) in [5.74, 6) is 0. The predicted molar refractivity (Wildman–Crippen MR) is 152 cm³/mol. The van der Waals surface area contributed by atoms with E-state index in [0.717, 1.165) is 38.7 Å². The molecular weight excluding hydrogens is 424 g/mol. The van der Waals surface area contributed by atoms with E-state index in [1.165, 1.54) is 65.5 Å².